The second-order valence-electron chi connectivity index (χ2n) is 6.00. The number of nitrogens with zero attached hydrogens (tertiary/aromatic N) is 2. The molecule has 2 unspecified atom stereocenters. The molecule has 0 spiro atoms. The summed E-state index contributed by atoms with van der Waals surface area (Å²) in [5.41, 5.74) is 2.50. The second kappa shape index (κ2) is 7.21. The van der Waals surface area contributed by atoms with Crippen molar-refractivity contribution in [3.8, 4) is 0 Å². The van der Waals surface area contributed by atoms with Crippen LogP contribution in [0, 0.1) is 6.92 Å². The van der Waals surface area contributed by atoms with Gasteiger partial charge in [-0.2, -0.15) is 0 Å². The van der Waals surface area contributed by atoms with Gasteiger partial charge in [0.05, 0.1) is 12.6 Å². The maximum Gasteiger partial charge on any atom is 0.0628 e. The average molecular weight is 276 g/mol. The van der Waals surface area contributed by atoms with Gasteiger partial charge in [0.25, 0.3) is 0 Å². The van der Waals surface area contributed by atoms with E-state index in [0.29, 0.717) is 6.04 Å². The molecule has 1 aliphatic heterocycles. The van der Waals surface area contributed by atoms with Gasteiger partial charge in [-0.15, -0.1) is 0 Å². The molecule has 112 valence electrons. The largest absolute Gasteiger partial charge is 0.394 e. The number of hydrogen-bond donors (Lipinski definition) is 1. The number of piperazine rings is 1. The van der Waals surface area contributed by atoms with Crippen molar-refractivity contribution in [3.05, 3.63) is 35.4 Å². The third-order valence-corrected chi connectivity index (χ3v) is 4.34. The first kappa shape index (κ1) is 15.5. The van der Waals surface area contributed by atoms with Crippen LogP contribution in [0.5, 0.6) is 0 Å². The highest BCUT2D eigenvalue weighted by molar-refractivity contribution is 5.24. The zero-order chi connectivity index (χ0) is 14.5. The molecule has 1 N–H and O–H groups in total. The van der Waals surface area contributed by atoms with Crippen molar-refractivity contribution in [2.24, 2.45) is 0 Å². The van der Waals surface area contributed by atoms with E-state index < -0.39 is 0 Å². The molecular weight excluding hydrogens is 248 g/mol. The van der Waals surface area contributed by atoms with Gasteiger partial charge in [-0.3, -0.25) is 4.90 Å². The van der Waals surface area contributed by atoms with Crippen LogP contribution in [0.25, 0.3) is 0 Å². The average Bonchev–Trinajstić information content (AvgIpc) is 2.44. The van der Waals surface area contributed by atoms with Gasteiger partial charge in [0.1, 0.15) is 0 Å². The maximum atomic E-state index is 9.83. The second-order valence-corrected chi connectivity index (χ2v) is 6.00. The zero-order valence-electron chi connectivity index (χ0n) is 13.0. The Morgan fingerprint density at radius 3 is 2.50 bits per heavy atom. The number of hydrogen-bond acceptors (Lipinski definition) is 3. The van der Waals surface area contributed by atoms with E-state index in [9.17, 15) is 5.11 Å². The summed E-state index contributed by atoms with van der Waals surface area (Å²) in [4.78, 5) is 4.99. The molecule has 0 bridgehead atoms. The Morgan fingerprint density at radius 1 is 1.25 bits per heavy atom. The normalized spacial score (nSPS) is 22.9. The Morgan fingerprint density at radius 2 is 1.95 bits per heavy atom. The quantitative estimate of drug-likeness (QED) is 0.895. The molecule has 1 saturated heterocycles. The Labute approximate surface area is 123 Å². The van der Waals surface area contributed by atoms with Crippen LogP contribution < -0.4 is 0 Å². The fraction of sp³-hybridized carbons (Fsp3) is 0.647. The summed E-state index contributed by atoms with van der Waals surface area (Å²) < 4.78 is 0. The molecule has 2 atom stereocenters. The maximum absolute atomic E-state index is 9.83. The molecule has 3 heteroatoms. The van der Waals surface area contributed by atoms with Crippen molar-refractivity contribution in [1.82, 2.24) is 9.80 Å². The van der Waals surface area contributed by atoms with Crippen LogP contribution in [0.2, 0.25) is 0 Å². The predicted octanol–water partition coefficient (Wildman–Crippen LogP) is 2.44. The topological polar surface area (TPSA) is 26.7 Å². The van der Waals surface area contributed by atoms with E-state index in [2.05, 4.69) is 54.8 Å². The molecule has 3 nitrogen and oxygen atoms in total. The summed E-state index contributed by atoms with van der Waals surface area (Å²) in [6.07, 6.45) is 1.22. The van der Waals surface area contributed by atoms with Gasteiger partial charge < -0.3 is 10.0 Å². The van der Waals surface area contributed by atoms with Crippen LogP contribution in [0.1, 0.15) is 37.4 Å². The third-order valence-electron chi connectivity index (χ3n) is 4.34. The molecule has 20 heavy (non-hydrogen) atoms. The minimum absolute atomic E-state index is 0.134. The van der Waals surface area contributed by atoms with E-state index in [0.717, 1.165) is 19.6 Å². The Balaban J connectivity index is 2.06. The molecule has 0 saturated carbocycles. The fourth-order valence-corrected chi connectivity index (χ4v) is 3.22. The highest BCUT2D eigenvalue weighted by Crippen LogP contribution is 2.25. The molecule has 1 aliphatic rings. The van der Waals surface area contributed by atoms with E-state index >= 15 is 0 Å². The summed E-state index contributed by atoms with van der Waals surface area (Å²) in [7, 11) is 0. The Bertz CT molecular complexity index is 404. The molecule has 0 aromatic heterocycles. The molecule has 1 fully saturated rings. The highest BCUT2D eigenvalue weighted by Gasteiger charge is 2.29. The molecule has 0 amide bonds. The van der Waals surface area contributed by atoms with Crippen LogP contribution in [-0.2, 0) is 0 Å². The molecule has 2 rings (SSSR count). The van der Waals surface area contributed by atoms with Crippen molar-refractivity contribution in [2.45, 2.75) is 39.3 Å². The van der Waals surface area contributed by atoms with Crippen LogP contribution in [0.15, 0.2) is 24.3 Å². The van der Waals surface area contributed by atoms with Crippen molar-refractivity contribution in [2.75, 3.05) is 32.8 Å². The van der Waals surface area contributed by atoms with Crippen molar-refractivity contribution < 1.29 is 5.11 Å². The zero-order valence-corrected chi connectivity index (χ0v) is 13.0. The number of rotatable bonds is 5. The molecule has 0 radical (unpaired) electrons. The van der Waals surface area contributed by atoms with Crippen molar-refractivity contribution >= 4 is 0 Å². The van der Waals surface area contributed by atoms with Crippen LogP contribution in [-0.4, -0.2) is 53.7 Å². The highest BCUT2D eigenvalue weighted by atomic mass is 16.3. The van der Waals surface area contributed by atoms with E-state index in [4.69, 9.17) is 0 Å². The lowest BCUT2D eigenvalue weighted by Gasteiger charge is -2.43. The number of aliphatic hydroxyl groups excluding tert-OH is 1. The van der Waals surface area contributed by atoms with Gasteiger partial charge in [0.2, 0.25) is 0 Å². The third kappa shape index (κ3) is 3.60. The van der Waals surface area contributed by atoms with Crippen LogP contribution >= 0.6 is 0 Å². The molecule has 1 heterocycles. The van der Waals surface area contributed by atoms with Gasteiger partial charge in [-0.05, 0) is 32.4 Å². The van der Waals surface area contributed by atoms with Crippen molar-refractivity contribution in [3.63, 3.8) is 0 Å². The predicted molar refractivity (Wildman–Crippen MR) is 83.9 cm³/mol. The first-order valence-corrected chi connectivity index (χ1v) is 7.81. The first-order valence-electron chi connectivity index (χ1n) is 7.81. The lowest BCUT2D eigenvalue weighted by atomic mass is 10.0. The van der Waals surface area contributed by atoms with E-state index in [1.54, 1.807) is 0 Å². The summed E-state index contributed by atoms with van der Waals surface area (Å²) in [5.74, 6) is 0. The minimum atomic E-state index is 0.134. The Hall–Kier alpha value is -0.900. The monoisotopic (exact) mass is 276 g/mol. The summed E-state index contributed by atoms with van der Waals surface area (Å²) in [5, 5.41) is 9.83. The number of aryl methyl sites for hydroxylation is 1. The van der Waals surface area contributed by atoms with E-state index in [1.807, 2.05) is 0 Å². The number of aliphatic hydroxyl groups is 1. The van der Waals surface area contributed by atoms with Gasteiger partial charge in [0.15, 0.2) is 0 Å². The first-order chi connectivity index (χ1) is 9.65. The lowest BCUT2D eigenvalue weighted by molar-refractivity contribution is 0.0253. The molecule has 0 aliphatic carbocycles. The number of benzene rings is 1. The fourth-order valence-electron chi connectivity index (χ4n) is 3.22. The van der Waals surface area contributed by atoms with E-state index in [1.165, 1.54) is 24.1 Å². The molecule has 1 aromatic carbocycles. The standard InChI is InChI=1S/C17H28N2O/c1-4-9-18-10-11-19(15(3)12-18)17(13-20)16-7-5-14(2)6-8-16/h5-8,15,17,20H,4,9-13H2,1-3H3. The summed E-state index contributed by atoms with van der Waals surface area (Å²) >= 11 is 0. The molecule has 1 aromatic rings. The van der Waals surface area contributed by atoms with Crippen LogP contribution in [0.3, 0.4) is 0 Å². The SMILES string of the molecule is CCCN1CCN(C(CO)c2ccc(C)cc2)C(C)C1. The molecular formula is C17H28N2O. The smallest absolute Gasteiger partial charge is 0.0628 e. The summed E-state index contributed by atoms with van der Waals surface area (Å²) in [6, 6.07) is 9.21. The van der Waals surface area contributed by atoms with Crippen molar-refractivity contribution in [1.29, 1.82) is 0 Å². The van der Waals surface area contributed by atoms with Gasteiger partial charge in [0, 0.05) is 25.7 Å². The van der Waals surface area contributed by atoms with Gasteiger partial charge in [-0.25, -0.2) is 0 Å². The lowest BCUT2D eigenvalue weighted by Crippen LogP contribution is -2.53. The minimum Gasteiger partial charge on any atom is -0.394 e. The van der Waals surface area contributed by atoms with Crippen LogP contribution in [0.4, 0.5) is 0 Å². The Kier molecular flexibility index (Phi) is 5.58. The van der Waals surface area contributed by atoms with Gasteiger partial charge in [-0.1, -0.05) is 36.8 Å². The van der Waals surface area contributed by atoms with Gasteiger partial charge >= 0.3 is 0 Å². The van der Waals surface area contributed by atoms with E-state index in [-0.39, 0.29) is 12.6 Å². The summed E-state index contributed by atoms with van der Waals surface area (Å²) in [6.45, 7) is 11.3.